The lowest BCUT2D eigenvalue weighted by Crippen LogP contribution is -2.48. The number of nitrogens with zero attached hydrogens (tertiary/aromatic N) is 3. The molecule has 1 amide bonds. The minimum atomic E-state index is -0.186. The molecular weight excluding hydrogens is 434 g/mol. The third-order valence-electron chi connectivity index (χ3n) is 5.19. The van der Waals surface area contributed by atoms with E-state index >= 15 is 0 Å². The molecule has 162 valence electrons. The highest BCUT2D eigenvalue weighted by molar-refractivity contribution is 7.99. The van der Waals surface area contributed by atoms with E-state index in [9.17, 15) is 9.59 Å². The summed E-state index contributed by atoms with van der Waals surface area (Å²) in [5.74, 6) is 0.187. The average Bonchev–Trinajstić information content (AvgIpc) is 2.72. The molecule has 3 aromatic rings. The SMILES string of the molecule is Cc1ccc(-n2c(SCC(=O)N3C[C@@H](C)O[C@@H](C)C3)nc3cc(Cl)ccc3c2=O)cc1. The number of fused-ring (bicyclic) bond motifs is 1. The highest BCUT2D eigenvalue weighted by Gasteiger charge is 2.26. The first-order valence-corrected chi connectivity index (χ1v) is 11.5. The van der Waals surface area contributed by atoms with Crippen molar-refractivity contribution in [3.8, 4) is 5.69 Å². The van der Waals surface area contributed by atoms with Crippen LogP contribution in [0.1, 0.15) is 19.4 Å². The summed E-state index contributed by atoms with van der Waals surface area (Å²) in [5.41, 5.74) is 2.14. The molecule has 0 saturated carbocycles. The number of morpholine rings is 1. The molecule has 1 aliphatic rings. The van der Waals surface area contributed by atoms with Crippen molar-refractivity contribution in [2.45, 2.75) is 38.1 Å². The van der Waals surface area contributed by atoms with Gasteiger partial charge in [-0.15, -0.1) is 0 Å². The van der Waals surface area contributed by atoms with Gasteiger partial charge in [0.1, 0.15) is 0 Å². The number of thioether (sulfide) groups is 1. The number of hydrogen-bond donors (Lipinski definition) is 0. The number of amides is 1. The lowest BCUT2D eigenvalue weighted by Gasteiger charge is -2.35. The first-order chi connectivity index (χ1) is 14.8. The average molecular weight is 458 g/mol. The van der Waals surface area contributed by atoms with E-state index in [0.717, 1.165) is 5.56 Å². The van der Waals surface area contributed by atoms with E-state index in [1.165, 1.54) is 11.8 Å². The molecule has 0 radical (unpaired) electrons. The lowest BCUT2D eigenvalue weighted by molar-refractivity contribution is -0.140. The molecule has 0 aliphatic carbocycles. The largest absolute Gasteiger partial charge is 0.372 e. The van der Waals surface area contributed by atoms with Crippen LogP contribution in [-0.2, 0) is 9.53 Å². The monoisotopic (exact) mass is 457 g/mol. The third-order valence-corrected chi connectivity index (χ3v) is 6.35. The standard InChI is InChI=1S/C23H24ClN3O3S/c1-14-4-7-18(8-5-14)27-22(29)19-9-6-17(24)10-20(19)25-23(27)31-13-21(28)26-11-15(2)30-16(3)12-26/h4-10,15-16H,11-13H2,1-3H3/t15-,16+. The van der Waals surface area contributed by atoms with Gasteiger partial charge in [-0.1, -0.05) is 41.1 Å². The smallest absolute Gasteiger partial charge is 0.266 e. The maximum Gasteiger partial charge on any atom is 0.266 e. The fraction of sp³-hybridized carbons (Fsp3) is 0.348. The van der Waals surface area contributed by atoms with E-state index in [1.807, 2.05) is 49.9 Å². The van der Waals surface area contributed by atoms with Crippen LogP contribution in [0.4, 0.5) is 0 Å². The molecule has 1 saturated heterocycles. The Morgan fingerprint density at radius 2 is 1.84 bits per heavy atom. The van der Waals surface area contributed by atoms with Gasteiger partial charge in [0.2, 0.25) is 5.91 Å². The highest BCUT2D eigenvalue weighted by atomic mass is 35.5. The van der Waals surface area contributed by atoms with E-state index in [2.05, 4.69) is 4.98 Å². The maximum atomic E-state index is 13.3. The van der Waals surface area contributed by atoms with Crippen molar-refractivity contribution in [3.05, 3.63) is 63.4 Å². The van der Waals surface area contributed by atoms with Crippen LogP contribution in [-0.4, -0.2) is 51.4 Å². The Balaban J connectivity index is 1.70. The van der Waals surface area contributed by atoms with Crippen molar-refractivity contribution in [3.63, 3.8) is 0 Å². The Morgan fingerprint density at radius 1 is 1.16 bits per heavy atom. The topological polar surface area (TPSA) is 64.4 Å². The lowest BCUT2D eigenvalue weighted by atomic mass is 10.2. The molecule has 1 fully saturated rings. The van der Waals surface area contributed by atoms with Crippen LogP contribution in [0.2, 0.25) is 5.02 Å². The molecular formula is C23H24ClN3O3S. The molecule has 1 aliphatic heterocycles. The second-order valence-electron chi connectivity index (χ2n) is 7.88. The van der Waals surface area contributed by atoms with Crippen molar-refractivity contribution in [1.82, 2.24) is 14.5 Å². The van der Waals surface area contributed by atoms with Gasteiger partial charge in [0, 0.05) is 18.1 Å². The predicted molar refractivity (Wildman–Crippen MR) is 124 cm³/mol. The predicted octanol–water partition coefficient (Wildman–Crippen LogP) is 4.08. The number of carbonyl (C=O) groups excluding carboxylic acids is 1. The zero-order chi connectivity index (χ0) is 22.1. The Hall–Kier alpha value is -2.35. The summed E-state index contributed by atoms with van der Waals surface area (Å²) in [7, 11) is 0. The minimum Gasteiger partial charge on any atom is -0.372 e. The number of halogens is 1. The summed E-state index contributed by atoms with van der Waals surface area (Å²) in [5, 5.41) is 1.46. The van der Waals surface area contributed by atoms with Crippen LogP contribution >= 0.6 is 23.4 Å². The molecule has 0 unspecified atom stereocenters. The molecule has 2 aromatic carbocycles. The van der Waals surface area contributed by atoms with Crippen LogP contribution < -0.4 is 5.56 Å². The van der Waals surface area contributed by atoms with Gasteiger partial charge < -0.3 is 9.64 Å². The Bertz CT molecular complexity index is 1170. The number of aryl methyl sites for hydroxylation is 1. The second kappa shape index (κ2) is 9.02. The minimum absolute atomic E-state index is 0.00268. The van der Waals surface area contributed by atoms with Gasteiger partial charge in [-0.3, -0.25) is 14.2 Å². The first kappa shape index (κ1) is 21.9. The van der Waals surface area contributed by atoms with Gasteiger partial charge in [-0.05, 0) is 51.1 Å². The van der Waals surface area contributed by atoms with Gasteiger partial charge >= 0.3 is 0 Å². The molecule has 4 rings (SSSR count). The highest BCUT2D eigenvalue weighted by Crippen LogP contribution is 2.24. The summed E-state index contributed by atoms with van der Waals surface area (Å²) in [6.45, 7) is 7.05. The number of aromatic nitrogens is 2. The summed E-state index contributed by atoms with van der Waals surface area (Å²) in [4.78, 5) is 32.7. The van der Waals surface area contributed by atoms with Gasteiger partial charge in [-0.2, -0.15) is 0 Å². The van der Waals surface area contributed by atoms with E-state index in [-0.39, 0.29) is 29.4 Å². The molecule has 8 heteroatoms. The fourth-order valence-corrected chi connectivity index (χ4v) is 4.84. The molecule has 1 aromatic heterocycles. The summed E-state index contributed by atoms with van der Waals surface area (Å²) in [6, 6.07) is 12.7. The quantitative estimate of drug-likeness (QED) is 0.436. The Morgan fingerprint density at radius 3 is 2.52 bits per heavy atom. The molecule has 6 nitrogen and oxygen atoms in total. The van der Waals surface area contributed by atoms with Crippen LogP contribution in [0.25, 0.3) is 16.6 Å². The van der Waals surface area contributed by atoms with Gasteiger partial charge in [-0.25, -0.2) is 4.98 Å². The van der Waals surface area contributed by atoms with Crippen LogP contribution in [0.15, 0.2) is 52.4 Å². The van der Waals surface area contributed by atoms with E-state index < -0.39 is 0 Å². The number of rotatable bonds is 4. The molecule has 0 N–H and O–H groups in total. The van der Waals surface area contributed by atoms with Crippen molar-refractivity contribution < 1.29 is 9.53 Å². The van der Waals surface area contributed by atoms with Crippen molar-refractivity contribution >= 4 is 40.2 Å². The van der Waals surface area contributed by atoms with E-state index in [0.29, 0.717) is 39.9 Å². The van der Waals surface area contributed by atoms with Crippen molar-refractivity contribution in [2.75, 3.05) is 18.8 Å². The summed E-state index contributed by atoms with van der Waals surface area (Å²) >= 11 is 7.39. The second-order valence-corrected chi connectivity index (χ2v) is 9.26. The molecule has 0 spiro atoms. The van der Waals surface area contributed by atoms with Crippen molar-refractivity contribution in [1.29, 1.82) is 0 Å². The Kier molecular flexibility index (Phi) is 6.36. The molecule has 31 heavy (non-hydrogen) atoms. The van der Waals surface area contributed by atoms with Crippen LogP contribution in [0, 0.1) is 6.92 Å². The zero-order valence-electron chi connectivity index (χ0n) is 17.7. The van der Waals surface area contributed by atoms with Crippen LogP contribution in [0.3, 0.4) is 0 Å². The number of hydrogen-bond acceptors (Lipinski definition) is 5. The third kappa shape index (κ3) is 4.79. The molecule has 0 bridgehead atoms. The fourth-order valence-electron chi connectivity index (χ4n) is 3.76. The van der Waals surface area contributed by atoms with Gasteiger partial charge in [0.25, 0.3) is 5.56 Å². The van der Waals surface area contributed by atoms with Crippen molar-refractivity contribution in [2.24, 2.45) is 0 Å². The summed E-state index contributed by atoms with van der Waals surface area (Å²) in [6.07, 6.45) is 0.00810. The van der Waals surface area contributed by atoms with E-state index in [1.54, 1.807) is 22.8 Å². The zero-order valence-corrected chi connectivity index (χ0v) is 19.2. The van der Waals surface area contributed by atoms with Gasteiger partial charge in [0.05, 0.1) is 34.6 Å². The normalized spacial score (nSPS) is 19.0. The first-order valence-electron chi connectivity index (χ1n) is 10.2. The Labute approximate surface area is 190 Å². The summed E-state index contributed by atoms with van der Waals surface area (Å²) < 4.78 is 7.29. The number of benzene rings is 2. The number of carbonyl (C=O) groups is 1. The maximum absolute atomic E-state index is 13.3. The van der Waals surface area contributed by atoms with Crippen LogP contribution in [0.5, 0.6) is 0 Å². The van der Waals surface area contributed by atoms with Gasteiger partial charge in [0.15, 0.2) is 5.16 Å². The molecule has 2 atom stereocenters. The molecule has 2 heterocycles. The van der Waals surface area contributed by atoms with E-state index in [4.69, 9.17) is 16.3 Å². The number of ether oxygens (including phenoxy) is 1.